The molecule has 0 aliphatic carbocycles. The van der Waals surface area contributed by atoms with Crippen LogP contribution in [0.2, 0.25) is 5.02 Å². The Morgan fingerprint density at radius 1 is 1.00 bits per heavy atom. The fourth-order valence-corrected chi connectivity index (χ4v) is 4.23. The van der Waals surface area contributed by atoms with Crippen molar-refractivity contribution in [2.24, 2.45) is 0 Å². The second-order valence-electron chi connectivity index (χ2n) is 9.04. The number of nitrogens with one attached hydrogen (secondary N) is 6. The predicted molar refractivity (Wildman–Crippen MR) is 150 cm³/mol. The van der Waals surface area contributed by atoms with Crippen LogP contribution in [0.3, 0.4) is 0 Å². The number of hydrogen-bond acceptors (Lipinski definition) is 9. The second-order valence-corrected chi connectivity index (χ2v) is 9.48. The SMILES string of the molecule is Cc1cc(Nc2cc(N3CCNCC3)n[nH]2)nc(Nc2ccc(NC(=O)Nc3ccc(Cl)cc3C(F)(F)F)nc2)n1. The molecule has 0 unspecified atom stereocenters. The summed E-state index contributed by atoms with van der Waals surface area (Å²) in [7, 11) is 0. The van der Waals surface area contributed by atoms with Gasteiger partial charge in [0.2, 0.25) is 5.95 Å². The number of nitrogens with zero attached hydrogens (tertiary/aromatic N) is 5. The predicted octanol–water partition coefficient (Wildman–Crippen LogP) is 5.12. The molecule has 5 rings (SSSR count). The molecule has 1 fully saturated rings. The highest BCUT2D eigenvalue weighted by Gasteiger charge is 2.34. The lowest BCUT2D eigenvalue weighted by Gasteiger charge is -2.26. The lowest BCUT2D eigenvalue weighted by Crippen LogP contribution is -2.43. The molecule has 3 aromatic heterocycles. The zero-order chi connectivity index (χ0) is 29.0. The van der Waals surface area contributed by atoms with Gasteiger partial charge in [-0.3, -0.25) is 10.4 Å². The first-order valence-corrected chi connectivity index (χ1v) is 12.8. The van der Waals surface area contributed by atoms with Crippen LogP contribution in [0.25, 0.3) is 0 Å². The van der Waals surface area contributed by atoms with E-state index in [1.54, 1.807) is 12.1 Å². The number of carbonyl (C=O) groups is 1. The summed E-state index contributed by atoms with van der Waals surface area (Å²) in [6, 6.07) is 8.95. The van der Waals surface area contributed by atoms with Crippen molar-refractivity contribution >= 4 is 58.2 Å². The molecule has 4 heterocycles. The molecule has 16 heteroatoms. The summed E-state index contributed by atoms with van der Waals surface area (Å²) in [5.74, 6) is 2.48. The molecule has 1 aliphatic heterocycles. The zero-order valence-electron chi connectivity index (χ0n) is 21.6. The Labute approximate surface area is 237 Å². The standard InChI is InChI=1S/C25H25ClF3N11O/c1-14-10-20(35-21-12-22(39-38-21)40-8-6-30-7-9-40)36-23(32-14)33-16-3-5-19(31-13-16)37-24(41)34-18-4-2-15(26)11-17(18)25(27,28)29/h2-5,10-13,30H,6-9H2,1H3,(H2,31,34,37,41)(H3,32,33,35,36,38,39). The number of aryl methyl sites for hydroxylation is 1. The van der Waals surface area contributed by atoms with Gasteiger partial charge in [-0.2, -0.15) is 23.3 Å². The van der Waals surface area contributed by atoms with Crippen molar-refractivity contribution in [2.45, 2.75) is 13.1 Å². The number of anilines is 7. The molecule has 6 N–H and O–H groups in total. The topological polar surface area (TPSA) is 148 Å². The molecule has 1 aliphatic rings. The smallest absolute Gasteiger partial charge is 0.353 e. The van der Waals surface area contributed by atoms with Crippen LogP contribution in [0.1, 0.15) is 11.3 Å². The highest BCUT2D eigenvalue weighted by atomic mass is 35.5. The lowest BCUT2D eigenvalue weighted by atomic mass is 10.1. The van der Waals surface area contributed by atoms with Crippen molar-refractivity contribution in [1.82, 2.24) is 30.5 Å². The van der Waals surface area contributed by atoms with Crippen LogP contribution >= 0.6 is 11.6 Å². The van der Waals surface area contributed by atoms with E-state index in [1.165, 1.54) is 18.3 Å². The first kappa shape index (κ1) is 27.9. The van der Waals surface area contributed by atoms with Crippen molar-refractivity contribution in [3.63, 3.8) is 0 Å². The summed E-state index contributed by atoms with van der Waals surface area (Å²) in [5.41, 5.74) is -0.275. The van der Waals surface area contributed by atoms with Gasteiger partial charge in [0.25, 0.3) is 0 Å². The van der Waals surface area contributed by atoms with Gasteiger partial charge in [0, 0.05) is 49.0 Å². The van der Waals surface area contributed by atoms with E-state index in [9.17, 15) is 18.0 Å². The van der Waals surface area contributed by atoms with Gasteiger partial charge in [-0.1, -0.05) is 11.6 Å². The number of piperazine rings is 1. The Morgan fingerprint density at radius 3 is 2.54 bits per heavy atom. The van der Waals surface area contributed by atoms with Crippen LogP contribution in [0.15, 0.2) is 48.7 Å². The summed E-state index contributed by atoms with van der Waals surface area (Å²) in [6.45, 7) is 5.38. The van der Waals surface area contributed by atoms with E-state index in [2.05, 4.69) is 56.6 Å². The molecule has 0 radical (unpaired) electrons. The van der Waals surface area contributed by atoms with Gasteiger partial charge in [0.15, 0.2) is 5.82 Å². The van der Waals surface area contributed by atoms with Gasteiger partial charge in [-0.15, -0.1) is 0 Å². The maximum atomic E-state index is 13.3. The van der Waals surface area contributed by atoms with E-state index < -0.39 is 23.5 Å². The minimum Gasteiger partial charge on any atom is -0.353 e. The van der Waals surface area contributed by atoms with Gasteiger partial charge >= 0.3 is 12.2 Å². The van der Waals surface area contributed by atoms with Crippen LogP contribution in [0, 0.1) is 6.92 Å². The summed E-state index contributed by atoms with van der Waals surface area (Å²) in [6.07, 6.45) is -3.27. The van der Waals surface area contributed by atoms with Crippen LogP contribution in [0.4, 0.5) is 58.6 Å². The average molecular weight is 588 g/mol. The van der Waals surface area contributed by atoms with Gasteiger partial charge in [-0.25, -0.2) is 14.8 Å². The van der Waals surface area contributed by atoms with Crippen molar-refractivity contribution < 1.29 is 18.0 Å². The van der Waals surface area contributed by atoms with Gasteiger partial charge in [0.1, 0.15) is 17.5 Å². The first-order chi connectivity index (χ1) is 19.6. The molecular weight excluding hydrogens is 563 g/mol. The first-order valence-electron chi connectivity index (χ1n) is 12.4. The third kappa shape index (κ3) is 7.32. The van der Waals surface area contributed by atoms with E-state index >= 15 is 0 Å². The van der Waals surface area contributed by atoms with Gasteiger partial charge < -0.3 is 26.2 Å². The largest absolute Gasteiger partial charge is 0.418 e. The number of amides is 2. The highest BCUT2D eigenvalue weighted by molar-refractivity contribution is 6.30. The molecule has 0 bridgehead atoms. The number of urea groups is 1. The molecule has 2 amide bonds. The summed E-state index contributed by atoms with van der Waals surface area (Å²) in [5, 5.41) is 21.4. The number of aromatic nitrogens is 5. The Morgan fingerprint density at radius 2 is 1.80 bits per heavy atom. The average Bonchev–Trinajstić information content (AvgIpc) is 3.39. The number of halogens is 4. The van der Waals surface area contributed by atoms with Crippen molar-refractivity contribution in [2.75, 3.05) is 52.3 Å². The van der Waals surface area contributed by atoms with Gasteiger partial charge in [0.05, 0.1) is 23.1 Å². The lowest BCUT2D eigenvalue weighted by molar-refractivity contribution is -0.136. The fourth-order valence-electron chi connectivity index (χ4n) is 4.06. The number of hydrogen-bond donors (Lipinski definition) is 6. The minimum absolute atomic E-state index is 0.102. The van der Waals surface area contributed by atoms with Crippen LogP contribution in [-0.2, 0) is 6.18 Å². The number of rotatable bonds is 7. The van der Waals surface area contributed by atoms with Crippen molar-refractivity contribution in [3.8, 4) is 0 Å². The number of H-pyrrole nitrogens is 1. The molecule has 41 heavy (non-hydrogen) atoms. The molecule has 214 valence electrons. The third-order valence-corrected chi connectivity index (χ3v) is 6.15. The Balaban J connectivity index is 1.20. The molecule has 4 aromatic rings. The second kappa shape index (κ2) is 11.9. The quantitative estimate of drug-likeness (QED) is 0.173. The van der Waals surface area contributed by atoms with Crippen molar-refractivity contribution in [3.05, 3.63) is 64.9 Å². The molecule has 0 saturated carbocycles. The number of pyridine rings is 1. The Bertz CT molecular complexity index is 1520. The molecule has 0 atom stereocenters. The molecule has 1 aromatic carbocycles. The van der Waals surface area contributed by atoms with E-state index in [1.807, 2.05) is 13.0 Å². The Kier molecular flexibility index (Phi) is 8.07. The van der Waals surface area contributed by atoms with Crippen molar-refractivity contribution in [1.29, 1.82) is 0 Å². The Hall–Kier alpha value is -4.63. The van der Waals surface area contributed by atoms with E-state index in [0.29, 0.717) is 29.0 Å². The van der Waals surface area contributed by atoms with E-state index in [4.69, 9.17) is 11.6 Å². The number of alkyl halides is 3. The maximum Gasteiger partial charge on any atom is 0.418 e. The summed E-state index contributed by atoms with van der Waals surface area (Å²) < 4.78 is 39.9. The zero-order valence-corrected chi connectivity index (χ0v) is 22.4. The molecular formula is C25H25ClF3N11O. The number of benzene rings is 1. The van der Waals surface area contributed by atoms with Crippen LogP contribution in [-0.4, -0.2) is 57.4 Å². The minimum atomic E-state index is -4.70. The van der Waals surface area contributed by atoms with Crippen LogP contribution in [0.5, 0.6) is 0 Å². The molecule has 0 spiro atoms. The summed E-state index contributed by atoms with van der Waals surface area (Å²) >= 11 is 5.68. The molecule has 1 saturated heterocycles. The van der Waals surface area contributed by atoms with E-state index in [-0.39, 0.29) is 10.8 Å². The number of carbonyl (C=O) groups excluding carboxylic acids is 1. The van der Waals surface area contributed by atoms with Crippen LogP contribution < -0.4 is 31.5 Å². The highest BCUT2D eigenvalue weighted by Crippen LogP contribution is 2.36. The van der Waals surface area contributed by atoms with Gasteiger partial charge in [-0.05, 0) is 37.3 Å². The number of aromatic amines is 1. The van der Waals surface area contributed by atoms with E-state index in [0.717, 1.165) is 44.1 Å². The monoisotopic (exact) mass is 587 g/mol. The molecule has 12 nitrogen and oxygen atoms in total. The third-order valence-electron chi connectivity index (χ3n) is 5.92. The maximum absolute atomic E-state index is 13.3. The normalized spacial score (nSPS) is 13.5. The summed E-state index contributed by atoms with van der Waals surface area (Å²) in [4.78, 5) is 27.5. The fraction of sp³-hybridized carbons (Fsp3) is 0.240.